The van der Waals surface area contributed by atoms with Gasteiger partial charge in [-0.2, -0.15) is 5.26 Å². The summed E-state index contributed by atoms with van der Waals surface area (Å²) in [5.74, 6) is 0.291. The molecule has 2 aliphatic heterocycles. The van der Waals surface area contributed by atoms with E-state index in [0.717, 1.165) is 104 Å². The molecular formula is C54H69F2KN4O3. The van der Waals surface area contributed by atoms with Gasteiger partial charge in [-0.05, 0) is 185 Å². The molecule has 64 heavy (non-hydrogen) atoms. The SMILES string of the molecule is CCC(O)(CC)c1ccc(C2(c3cc(F)cc(C#N)c3)CCN(CC3CC3)CC2)cc1.CCC(O)(CC)c1ccc(C2(c3cc(F)cc(C(N)=O)c3)CCN(CC3CC3)CC2)cc1.[H-].[K+]. The molecule has 2 saturated heterocycles. The summed E-state index contributed by atoms with van der Waals surface area (Å²) in [6, 6.07) is 27.9. The van der Waals surface area contributed by atoms with Crippen LogP contribution >= 0.6 is 0 Å². The minimum atomic E-state index is -0.836. The maximum Gasteiger partial charge on any atom is 1.00 e. The molecule has 338 valence electrons. The number of aliphatic hydroxyl groups is 2. The maximum atomic E-state index is 14.5. The zero-order chi connectivity index (χ0) is 45.0. The average molecular weight is 899 g/mol. The standard InChI is InChI=1S/C27H35FN2O2.C27H33FN2O.K.H/c1-3-27(32,4-2)22-9-7-21(8-10-22)26(11-13-30(14-12-26)18-19-5-6-19)23-15-20(25(29)31)16-24(28)17-23;1-3-27(31,4-2)23-9-7-22(8-10-23)26(24-15-21(18-29)16-25(28)17-24)11-13-30(14-12-26)19-20-5-6-20;;/h7-10,15-17,19,32H,3-6,11-14,18H2,1-2H3,(H2,29,31);7-10,15-17,20,31H,3-6,11-14,19H2,1-2H3;;/q;;+1;-1. The fourth-order valence-electron chi connectivity index (χ4n) is 10.5. The predicted molar refractivity (Wildman–Crippen MR) is 247 cm³/mol. The number of carbonyl (C=O) groups is 1. The Labute approximate surface area is 424 Å². The first kappa shape index (κ1) is 50.6. The molecular weight excluding hydrogens is 830 g/mol. The molecule has 0 bridgehead atoms. The van der Waals surface area contributed by atoms with E-state index in [-0.39, 0.29) is 75.0 Å². The van der Waals surface area contributed by atoms with Gasteiger partial charge in [-0.15, -0.1) is 0 Å². The van der Waals surface area contributed by atoms with E-state index in [1.807, 2.05) is 58.0 Å². The minimum Gasteiger partial charge on any atom is -1.00 e. The zero-order valence-corrected chi connectivity index (χ0v) is 42.1. The van der Waals surface area contributed by atoms with E-state index in [0.29, 0.717) is 31.2 Å². The Hall–Kier alpha value is -2.82. The van der Waals surface area contributed by atoms with Gasteiger partial charge >= 0.3 is 51.4 Å². The molecule has 4 aromatic rings. The summed E-state index contributed by atoms with van der Waals surface area (Å²) in [5, 5.41) is 31.3. The number of nitrogens with two attached hydrogens (primary N) is 1. The summed E-state index contributed by atoms with van der Waals surface area (Å²) in [6.07, 6.45) is 11.5. The van der Waals surface area contributed by atoms with Crippen molar-refractivity contribution in [2.45, 2.75) is 127 Å². The molecule has 0 spiro atoms. The van der Waals surface area contributed by atoms with Crippen LogP contribution in [0.3, 0.4) is 0 Å². The fourth-order valence-corrected chi connectivity index (χ4v) is 10.5. The van der Waals surface area contributed by atoms with Gasteiger partial charge in [-0.25, -0.2) is 8.78 Å². The van der Waals surface area contributed by atoms with Crippen molar-refractivity contribution >= 4 is 5.91 Å². The van der Waals surface area contributed by atoms with Gasteiger partial charge in [-0.1, -0.05) is 76.2 Å². The molecule has 0 radical (unpaired) electrons. The van der Waals surface area contributed by atoms with E-state index in [9.17, 15) is 29.1 Å². The number of hydrogen-bond donors (Lipinski definition) is 3. The molecule has 4 fully saturated rings. The second kappa shape index (κ2) is 21.4. The van der Waals surface area contributed by atoms with Crippen LogP contribution in [0.15, 0.2) is 84.9 Å². The van der Waals surface area contributed by atoms with Crippen LogP contribution < -0.4 is 57.1 Å². The topological polar surface area (TPSA) is 114 Å². The quantitative estimate of drug-likeness (QED) is 0.108. The monoisotopic (exact) mass is 898 g/mol. The molecule has 2 heterocycles. The maximum absolute atomic E-state index is 14.5. The van der Waals surface area contributed by atoms with E-state index < -0.39 is 22.9 Å². The van der Waals surface area contributed by atoms with Gasteiger partial charge in [0.25, 0.3) is 0 Å². The molecule has 1 amide bonds. The summed E-state index contributed by atoms with van der Waals surface area (Å²) in [7, 11) is 0. The van der Waals surface area contributed by atoms with Crippen molar-refractivity contribution < 1.29 is 76.6 Å². The first-order valence-electron chi connectivity index (χ1n) is 23.7. The summed E-state index contributed by atoms with van der Waals surface area (Å²) in [4.78, 5) is 16.9. The van der Waals surface area contributed by atoms with Crippen molar-refractivity contribution in [2.24, 2.45) is 17.6 Å². The molecule has 2 saturated carbocycles. The third-order valence-corrected chi connectivity index (χ3v) is 15.4. The predicted octanol–water partition coefficient (Wildman–Crippen LogP) is 7.34. The molecule has 0 atom stereocenters. The van der Waals surface area contributed by atoms with Gasteiger partial charge in [-0.3, -0.25) is 4.79 Å². The molecule has 0 unspecified atom stereocenters. The van der Waals surface area contributed by atoms with Gasteiger partial charge in [0.15, 0.2) is 0 Å². The average Bonchev–Trinajstić information content (AvgIpc) is 4.27. The van der Waals surface area contributed by atoms with Crippen LogP contribution in [0.2, 0.25) is 0 Å². The van der Waals surface area contributed by atoms with Crippen LogP contribution in [0.5, 0.6) is 0 Å². The molecule has 7 nitrogen and oxygen atoms in total. The molecule has 4 aliphatic rings. The first-order valence-corrected chi connectivity index (χ1v) is 23.7. The summed E-state index contributed by atoms with van der Waals surface area (Å²) in [6.45, 7) is 14.1. The number of hydrogen-bond acceptors (Lipinski definition) is 6. The van der Waals surface area contributed by atoms with Crippen molar-refractivity contribution in [3.05, 3.63) is 141 Å². The van der Waals surface area contributed by atoms with Gasteiger partial charge in [0.2, 0.25) is 5.91 Å². The molecule has 2 aliphatic carbocycles. The Bertz CT molecular complexity index is 2240. The van der Waals surface area contributed by atoms with Crippen LogP contribution in [0.1, 0.15) is 155 Å². The fraction of sp³-hybridized carbons (Fsp3) is 0.519. The van der Waals surface area contributed by atoms with Crippen molar-refractivity contribution in [3.63, 3.8) is 0 Å². The van der Waals surface area contributed by atoms with Crippen LogP contribution in [-0.4, -0.2) is 65.2 Å². The molecule has 0 aromatic heterocycles. The van der Waals surface area contributed by atoms with Crippen molar-refractivity contribution in [2.75, 3.05) is 39.3 Å². The second-order valence-electron chi connectivity index (χ2n) is 19.2. The molecule has 10 heteroatoms. The van der Waals surface area contributed by atoms with Crippen LogP contribution in [0.4, 0.5) is 8.78 Å². The largest absolute Gasteiger partial charge is 1.00 e. The van der Waals surface area contributed by atoms with Crippen LogP contribution in [0.25, 0.3) is 0 Å². The van der Waals surface area contributed by atoms with Crippen molar-refractivity contribution in [3.8, 4) is 6.07 Å². The van der Waals surface area contributed by atoms with Gasteiger partial charge < -0.3 is 27.2 Å². The van der Waals surface area contributed by atoms with Crippen molar-refractivity contribution in [1.82, 2.24) is 9.80 Å². The number of piperidine rings is 2. The number of primary amides is 1. The van der Waals surface area contributed by atoms with Crippen molar-refractivity contribution in [1.29, 1.82) is 5.26 Å². The first-order chi connectivity index (χ1) is 30.2. The van der Waals surface area contributed by atoms with E-state index in [2.05, 4.69) is 40.1 Å². The Kier molecular flexibility index (Phi) is 16.9. The number of halogens is 2. The van der Waals surface area contributed by atoms with Crippen LogP contribution in [0, 0.1) is 34.8 Å². The number of benzene rings is 4. The number of nitriles is 1. The van der Waals surface area contributed by atoms with E-state index in [4.69, 9.17) is 5.73 Å². The number of amides is 1. The normalized spacial score (nSPS) is 18.9. The Morgan fingerprint density at radius 3 is 1.38 bits per heavy atom. The molecule has 8 rings (SSSR count). The number of nitrogens with zero attached hydrogens (tertiary/aromatic N) is 3. The summed E-state index contributed by atoms with van der Waals surface area (Å²) >= 11 is 0. The summed E-state index contributed by atoms with van der Waals surface area (Å²) < 4.78 is 29.0. The van der Waals surface area contributed by atoms with Gasteiger partial charge in [0, 0.05) is 29.5 Å². The van der Waals surface area contributed by atoms with E-state index in [1.54, 1.807) is 18.2 Å². The Morgan fingerprint density at radius 1 is 0.656 bits per heavy atom. The zero-order valence-electron chi connectivity index (χ0n) is 39.9. The van der Waals surface area contributed by atoms with E-state index >= 15 is 0 Å². The minimum absolute atomic E-state index is 0. The number of carbonyl (C=O) groups excluding carboxylic acids is 1. The number of likely N-dealkylation sites (tertiary alicyclic amines) is 2. The van der Waals surface area contributed by atoms with Gasteiger partial charge in [0.05, 0.1) is 22.8 Å². The van der Waals surface area contributed by atoms with Gasteiger partial charge in [0.1, 0.15) is 11.6 Å². The second-order valence-corrected chi connectivity index (χ2v) is 19.2. The Morgan fingerprint density at radius 2 is 1.03 bits per heavy atom. The molecule has 4 N–H and O–H groups in total. The smallest absolute Gasteiger partial charge is 1.00 e. The number of rotatable bonds is 15. The Balaban J connectivity index is 0.000000237. The molecule has 4 aromatic carbocycles. The van der Waals surface area contributed by atoms with E-state index in [1.165, 1.54) is 44.4 Å². The third kappa shape index (κ3) is 11.3. The third-order valence-electron chi connectivity index (χ3n) is 15.4. The van der Waals surface area contributed by atoms with Crippen LogP contribution in [-0.2, 0) is 22.0 Å². The summed E-state index contributed by atoms with van der Waals surface area (Å²) in [5.41, 5.74) is 9.52.